The largest absolute Gasteiger partial charge is 0.508 e. The number of unbranched alkanes of at least 4 members (excludes halogenated alkanes) is 5. The van der Waals surface area contributed by atoms with Crippen molar-refractivity contribution >= 4 is 0 Å². The van der Waals surface area contributed by atoms with Crippen molar-refractivity contribution in [3.05, 3.63) is 29.3 Å². The molecule has 0 fully saturated rings. The summed E-state index contributed by atoms with van der Waals surface area (Å²) in [5.74, 6) is -0.334. The zero-order chi connectivity index (χ0) is 14.3. The molecule has 0 saturated heterocycles. The molecule has 1 rings (SSSR count). The molecule has 19 heavy (non-hydrogen) atoms. The number of aromatic hydroxyl groups is 1. The Balaban J connectivity index is 2.54. The first-order valence-corrected chi connectivity index (χ1v) is 6.84. The Bertz CT molecular complexity index is 385. The molecule has 108 valence electrons. The molecule has 1 N–H and O–H groups in total. The second-order valence-corrected chi connectivity index (χ2v) is 4.86. The first kappa shape index (κ1) is 15.9. The normalized spacial score (nSPS) is 11.8. The van der Waals surface area contributed by atoms with Crippen molar-refractivity contribution in [1.82, 2.24) is 0 Å². The molecule has 1 nitrogen and oxygen atoms in total. The third-order valence-electron chi connectivity index (χ3n) is 3.20. The fourth-order valence-electron chi connectivity index (χ4n) is 2.14. The number of hydrogen-bond donors (Lipinski definition) is 1. The minimum atomic E-state index is -4.39. The number of rotatable bonds is 7. The van der Waals surface area contributed by atoms with E-state index < -0.39 is 11.7 Å². The summed E-state index contributed by atoms with van der Waals surface area (Å²) in [6.45, 7) is 2.13. The minimum absolute atomic E-state index is 0.279. The van der Waals surface area contributed by atoms with Crippen molar-refractivity contribution in [3.63, 3.8) is 0 Å². The molecular formula is C15H21F3O. The summed E-state index contributed by atoms with van der Waals surface area (Å²) in [6, 6.07) is 3.51. The summed E-state index contributed by atoms with van der Waals surface area (Å²) >= 11 is 0. The lowest BCUT2D eigenvalue weighted by Crippen LogP contribution is -2.09. The van der Waals surface area contributed by atoms with Gasteiger partial charge in [0.25, 0.3) is 0 Å². The van der Waals surface area contributed by atoms with Gasteiger partial charge in [-0.05, 0) is 30.5 Å². The molecule has 0 saturated carbocycles. The third kappa shape index (κ3) is 5.53. The van der Waals surface area contributed by atoms with Gasteiger partial charge in [-0.1, -0.05) is 45.1 Å². The van der Waals surface area contributed by atoms with Crippen molar-refractivity contribution in [2.45, 2.75) is 58.0 Å². The second-order valence-electron chi connectivity index (χ2n) is 4.86. The van der Waals surface area contributed by atoms with Gasteiger partial charge in [0, 0.05) is 0 Å². The predicted octanol–water partition coefficient (Wildman–Crippen LogP) is 5.31. The van der Waals surface area contributed by atoms with Gasteiger partial charge in [-0.2, -0.15) is 13.2 Å². The summed E-state index contributed by atoms with van der Waals surface area (Å²) in [5, 5.41) is 9.17. The van der Waals surface area contributed by atoms with E-state index in [1.54, 1.807) is 0 Å². The van der Waals surface area contributed by atoms with Crippen LogP contribution in [0.2, 0.25) is 0 Å². The van der Waals surface area contributed by atoms with Crippen LogP contribution < -0.4 is 0 Å². The van der Waals surface area contributed by atoms with E-state index in [2.05, 4.69) is 6.92 Å². The van der Waals surface area contributed by atoms with Gasteiger partial charge >= 0.3 is 6.18 Å². The fraction of sp³-hybridized carbons (Fsp3) is 0.600. The van der Waals surface area contributed by atoms with E-state index in [1.807, 2.05) is 0 Å². The van der Waals surface area contributed by atoms with E-state index in [0.29, 0.717) is 6.42 Å². The van der Waals surface area contributed by atoms with Gasteiger partial charge in [-0.25, -0.2) is 0 Å². The molecule has 0 unspecified atom stereocenters. The number of aryl methyl sites for hydroxylation is 1. The van der Waals surface area contributed by atoms with Gasteiger partial charge in [0.15, 0.2) is 0 Å². The number of phenols is 1. The zero-order valence-corrected chi connectivity index (χ0v) is 11.3. The summed E-state index contributed by atoms with van der Waals surface area (Å²) < 4.78 is 38.4. The van der Waals surface area contributed by atoms with Gasteiger partial charge in [-0.3, -0.25) is 0 Å². The SMILES string of the molecule is CCCCCCCCc1ccc(O)cc1C(F)(F)F. The smallest absolute Gasteiger partial charge is 0.416 e. The molecule has 0 aromatic heterocycles. The Hall–Kier alpha value is -1.19. The van der Waals surface area contributed by atoms with Crippen molar-refractivity contribution in [2.24, 2.45) is 0 Å². The highest BCUT2D eigenvalue weighted by Crippen LogP contribution is 2.34. The highest BCUT2D eigenvalue weighted by molar-refractivity contribution is 5.36. The Morgan fingerprint density at radius 3 is 2.26 bits per heavy atom. The third-order valence-corrected chi connectivity index (χ3v) is 3.20. The summed E-state index contributed by atoms with van der Waals surface area (Å²) in [4.78, 5) is 0. The van der Waals surface area contributed by atoms with E-state index >= 15 is 0 Å². The standard InChI is InChI=1S/C15H21F3O/c1-2-3-4-5-6-7-8-12-9-10-13(19)11-14(12)15(16,17)18/h9-11,19H,2-8H2,1H3. The van der Waals surface area contributed by atoms with Crippen LogP contribution in [0.4, 0.5) is 13.2 Å². The van der Waals surface area contributed by atoms with Crippen molar-refractivity contribution in [1.29, 1.82) is 0 Å². The molecule has 1 aromatic carbocycles. The van der Waals surface area contributed by atoms with Gasteiger partial charge in [0.05, 0.1) is 5.56 Å². The number of benzene rings is 1. The number of hydrogen-bond acceptors (Lipinski definition) is 1. The van der Waals surface area contributed by atoms with Gasteiger partial charge < -0.3 is 5.11 Å². The van der Waals surface area contributed by atoms with Crippen LogP contribution in [0.3, 0.4) is 0 Å². The van der Waals surface area contributed by atoms with Gasteiger partial charge in [-0.15, -0.1) is 0 Å². The molecule has 0 radical (unpaired) electrons. The van der Waals surface area contributed by atoms with Crippen LogP contribution in [0.5, 0.6) is 5.75 Å². The molecule has 0 heterocycles. The molecule has 0 bridgehead atoms. The maximum Gasteiger partial charge on any atom is 0.416 e. The van der Waals surface area contributed by atoms with Crippen LogP contribution in [0.15, 0.2) is 18.2 Å². The molecule has 0 aliphatic heterocycles. The Labute approximate surface area is 112 Å². The predicted molar refractivity (Wildman–Crippen MR) is 70.2 cm³/mol. The maximum absolute atomic E-state index is 12.8. The average molecular weight is 274 g/mol. The van der Waals surface area contributed by atoms with Crippen LogP contribution in [0, 0.1) is 0 Å². The highest BCUT2D eigenvalue weighted by Gasteiger charge is 2.33. The minimum Gasteiger partial charge on any atom is -0.508 e. The Morgan fingerprint density at radius 1 is 1.00 bits per heavy atom. The van der Waals surface area contributed by atoms with Crippen molar-refractivity contribution in [2.75, 3.05) is 0 Å². The lowest BCUT2D eigenvalue weighted by molar-refractivity contribution is -0.138. The van der Waals surface area contributed by atoms with Crippen LogP contribution in [-0.4, -0.2) is 5.11 Å². The van der Waals surface area contributed by atoms with E-state index in [0.717, 1.165) is 38.2 Å². The lowest BCUT2D eigenvalue weighted by Gasteiger charge is -2.13. The quantitative estimate of drug-likeness (QED) is 0.668. The Kier molecular flexibility index (Phi) is 6.19. The monoisotopic (exact) mass is 274 g/mol. The van der Waals surface area contributed by atoms with Crippen LogP contribution in [0.1, 0.15) is 56.6 Å². The van der Waals surface area contributed by atoms with E-state index in [4.69, 9.17) is 5.11 Å². The number of halogens is 3. The van der Waals surface area contributed by atoms with Crippen LogP contribution in [-0.2, 0) is 12.6 Å². The first-order chi connectivity index (χ1) is 8.95. The summed E-state index contributed by atoms with van der Waals surface area (Å²) in [6.07, 6.45) is 2.32. The lowest BCUT2D eigenvalue weighted by atomic mass is 10.00. The van der Waals surface area contributed by atoms with E-state index in [1.165, 1.54) is 18.6 Å². The maximum atomic E-state index is 12.8. The summed E-state index contributed by atoms with van der Waals surface area (Å²) in [5.41, 5.74) is -0.429. The molecule has 0 aliphatic carbocycles. The Morgan fingerprint density at radius 2 is 1.63 bits per heavy atom. The van der Waals surface area contributed by atoms with E-state index in [-0.39, 0.29) is 11.3 Å². The molecule has 0 amide bonds. The summed E-state index contributed by atoms with van der Waals surface area (Å²) in [7, 11) is 0. The van der Waals surface area contributed by atoms with Crippen molar-refractivity contribution < 1.29 is 18.3 Å². The molecule has 0 atom stereocenters. The number of alkyl halides is 3. The second kappa shape index (κ2) is 7.41. The molecule has 0 aliphatic rings. The van der Waals surface area contributed by atoms with Crippen molar-refractivity contribution in [3.8, 4) is 5.75 Å². The van der Waals surface area contributed by atoms with Gasteiger partial charge in [0.2, 0.25) is 0 Å². The average Bonchev–Trinajstić information content (AvgIpc) is 2.34. The molecule has 1 aromatic rings. The topological polar surface area (TPSA) is 20.2 Å². The first-order valence-electron chi connectivity index (χ1n) is 6.84. The molecule has 4 heteroatoms. The zero-order valence-electron chi connectivity index (χ0n) is 11.3. The fourth-order valence-corrected chi connectivity index (χ4v) is 2.14. The molecular weight excluding hydrogens is 253 g/mol. The van der Waals surface area contributed by atoms with Crippen LogP contribution in [0.25, 0.3) is 0 Å². The van der Waals surface area contributed by atoms with Gasteiger partial charge in [0.1, 0.15) is 5.75 Å². The highest BCUT2D eigenvalue weighted by atomic mass is 19.4. The number of phenolic OH excluding ortho intramolecular Hbond substituents is 1. The molecule has 0 spiro atoms. The van der Waals surface area contributed by atoms with E-state index in [9.17, 15) is 13.2 Å². The van der Waals surface area contributed by atoms with Crippen LogP contribution >= 0.6 is 0 Å².